The zero-order chi connectivity index (χ0) is 7.23. The number of aryl methyl sites for hydroxylation is 1. The van der Waals surface area contributed by atoms with Crippen LogP contribution >= 0.6 is 22.9 Å². The number of nitrogens with one attached hydrogen (secondary N) is 2. The molecule has 0 unspecified atom stereocenters. The molecule has 0 atom stereocenters. The van der Waals surface area contributed by atoms with Gasteiger partial charge >= 0.3 is 0 Å². The molecule has 0 aliphatic carbocycles. The molecule has 1 aromatic heterocycles. The number of nitrogens with zero attached hydrogens (tertiary/aromatic N) is 1. The van der Waals surface area contributed by atoms with Crippen molar-refractivity contribution in [3.05, 3.63) is 18.2 Å². The van der Waals surface area contributed by atoms with E-state index in [1.807, 2.05) is 6.20 Å². The molecule has 56 valence electrons. The Morgan fingerprint density at radius 1 is 1.70 bits per heavy atom. The molecule has 0 amide bonds. The molecule has 1 heterocycles. The van der Waals surface area contributed by atoms with Gasteiger partial charge in [-0.3, -0.25) is 3.53 Å². The lowest BCUT2D eigenvalue weighted by Gasteiger charge is -1.94. The Morgan fingerprint density at radius 2 is 2.60 bits per heavy atom. The molecule has 0 saturated carbocycles. The predicted octanol–water partition coefficient (Wildman–Crippen LogP) is 1.28. The van der Waals surface area contributed by atoms with E-state index in [1.165, 1.54) is 5.69 Å². The Balaban J connectivity index is 2.15. The van der Waals surface area contributed by atoms with Crippen molar-refractivity contribution in [2.45, 2.75) is 12.8 Å². The fourth-order valence-corrected chi connectivity index (χ4v) is 1.15. The molecule has 1 aromatic rings. The van der Waals surface area contributed by atoms with Gasteiger partial charge in [-0.25, -0.2) is 4.98 Å². The summed E-state index contributed by atoms with van der Waals surface area (Å²) in [5, 5.41) is 0. The van der Waals surface area contributed by atoms with E-state index >= 15 is 0 Å². The van der Waals surface area contributed by atoms with Crippen LogP contribution in [0.5, 0.6) is 0 Å². The van der Waals surface area contributed by atoms with E-state index in [1.54, 1.807) is 6.33 Å². The lowest BCUT2D eigenvalue weighted by atomic mass is 10.2. The van der Waals surface area contributed by atoms with Crippen LogP contribution in [-0.4, -0.2) is 16.5 Å². The van der Waals surface area contributed by atoms with E-state index in [9.17, 15) is 0 Å². The first-order chi connectivity index (χ1) is 4.93. The summed E-state index contributed by atoms with van der Waals surface area (Å²) in [7, 11) is 0. The number of halogens is 1. The fraction of sp³-hybridized carbons (Fsp3) is 0.500. The summed E-state index contributed by atoms with van der Waals surface area (Å²) in [6, 6.07) is 0. The van der Waals surface area contributed by atoms with Crippen molar-refractivity contribution < 1.29 is 0 Å². The van der Waals surface area contributed by atoms with Crippen LogP contribution in [0.25, 0.3) is 0 Å². The molecular weight excluding hydrogens is 241 g/mol. The summed E-state index contributed by atoms with van der Waals surface area (Å²) < 4.78 is 3.07. The Kier molecular flexibility index (Phi) is 3.74. The average Bonchev–Trinajstić information content (AvgIpc) is 2.41. The molecule has 3 nitrogen and oxygen atoms in total. The SMILES string of the molecule is INCCCc1cnc[nH]1. The average molecular weight is 251 g/mol. The number of aromatic nitrogens is 2. The van der Waals surface area contributed by atoms with E-state index in [4.69, 9.17) is 0 Å². The minimum atomic E-state index is 1.06. The Labute approximate surface area is 74.1 Å². The van der Waals surface area contributed by atoms with Crippen molar-refractivity contribution in [2.24, 2.45) is 0 Å². The van der Waals surface area contributed by atoms with Gasteiger partial charge in [-0.15, -0.1) is 0 Å². The van der Waals surface area contributed by atoms with E-state index < -0.39 is 0 Å². The lowest BCUT2D eigenvalue weighted by Crippen LogP contribution is -2.01. The molecule has 0 aromatic carbocycles. The van der Waals surface area contributed by atoms with E-state index in [2.05, 4.69) is 36.4 Å². The maximum Gasteiger partial charge on any atom is 0.0921 e. The number of hydrogen-bond acceptors (Lipinski definition) is 2. The van der Waals surface area contributed by atoms with Gasteiger partial charge in [0.05, 0.1) is 6.33 Å². The maximum absolute atomic E-state index is 3.92. The minimum Gasteiger partial charge on any atom is -0.348 e. The van der Waals surface area contributed by atoms with E-state index in [-0.39, 0.29) is 0 Å². The van der Waals surface area contributed by atoms with Crippen molar-refractivity contribution in [1.29, 1.82) is 0 Å². The van der Waals surface area contributed by atoms with Crippen LogP contribution in [0.1, 0.15) is 12.1 Å². The Morgan fingerprint density at radius 3 is 3.20 bits per heavy atom. The maximum atomic E-state index is 3.92. The highest BCUT2D eigenvalue weighted by Crippen LogP contribution is 1.95. The van der Waals surface area contributed by atoms with Crippen LogP contribution in [0.15, 0.2) is 12.5 Å². The highest BCUT2D eigenvalue weighted by molar-refractivity contribution is 14.1. The third kappa shape index (κ3) is 2.66. The van der Waals surface area contributed by atoms with Crippen LogP contribution < -0.4 is 3.53 Å². The van der Waals surface area contributed by atoms with Gasteiger partial charge in [0.1, 0.15) is 0 Å². The highest BCUT2D eigenvalue weighted by atomic mass is 127. The second kappa shape index (κ2) is 4.68. The summed E-state index contributed by atoms with van der Waals surface area (Å²) in [5.74, 6) is 0. The van der Waals surface area contributed by atoms with Gasteiger partial charge < -0.3 is 4.98 Å². The molecular formula is C6H10IN3. The molecule has 0 fully saturated rings. The van der Waals surface area contributed by atoms with Gasteiger partial charge in [0.2, 0.25) is 0 Å². The Bertz CT molecular complexity index is 162. The van der Waals surface area contributed by atoms with Gasteiger partial charge in [0, 0.05) is 41.3 Å². The number of H-pyrrole nitrogens is 1. The molecule has 2 N–H and O–H groups in total. The topological polar surface area (TPSA) is 40.7 Å². The first-order valence-corrected chi connectivity index (χ1v) is 4.32. The second-order valence-corrected chi connectivity index (χ2v) is 2.83. The number of aromatic amines is 1. The molecule has 0 aliphatic heterocycles. The van der Waals surface area contributed by atoms with E-state index in [0.29, 0.717) is 0 Å². The highest BCUT2D eigenvalue weighted by Gasteiger charge is 1.91. The van der Waals surface area contributed by atoms with Crippen LogP contribution in [0.3, 0.4) is 0 Å². The number of imidazole rings is 1. The van der Waals surface area contributed by atoms with Gasteiger partial charge in [0.15, 0.2) is 0 Å². The normalized spacial score (nSPS) is 10.1. The molecule has 0 radical (unpaired) electrons. The molecule has 0 aliphatic rings. The minimum absolute atomic E-state index is 1.06. The zero-order valence-electron chi connectivity index (χ0n) is 5.60. The van der Waals surface area contributed by atoms with Crippen molar-refractivity contribution in [3.63, 3.8) is 0 Å². The molecule has 1 rings (SSSR count). The molecule has 10 heavy (non-hydrogen) atoms. The van der Waals surface area contributed by atoms with Crippen molar-refractivity contribution >= 4 is 22.9 Å². The van der Waals surface area contributed by atoms with Gasteiger partial charge in [-0.05, 0) is 12.8 Å². The summed E-state index contributed by atoms with van der Waals surface area (Å²) in [4.78, 5) is 6.98. The quantitative estimate of drug-likeness (QED) is 0.481. The Hall–Kier alpha value is -0.100. The molecule has 4 heteroatoms. The summed E-state index contributed by atoms with van der Waals surface area (Å²) in [5.41, 5.74) is 1.21. The second-order valence-electron chi connectivity index (χ2n) is 2.06. The largest absolute Gasteiger partial charge is 0.348 e. The van der Waals surface area contributed by atoms with E-state index in [0.717, 1.165) is 19.4 Å². The number of hydrogen-bond donors (Lipinski definition) is 2. The summed E-state index contributed by atoms with van der Waals surface area (Å²) in [6.07, 6.45) is 5.82. The van der Waals surface area contributed by atoms with Crippen LogP contribution in [0.4, 0.5) is 0 Å². The standard InChI is InChI=1S/C6H10IN3/c7-10-3-1-2-6-4-8-5-9-6/h4-5,10H,1-3H2,(H,8,9). The first-order valence-electron chi connectivity index (χ1n) is 3.24. The van der Waals surface area contributed by atoms with Gasteiger partial charge in [-0.1, -0.05) is 0 Å². The monoisotopic (exact) mass is 251 g/mol. The number of rotatable bonds is 4. The summed E-state index contributed by atoms with van der Waals surface area (Å²) >= 11 is 2.15. The third-order valence-electron chi connectivity index (χ3n) is 1.27. The fourth-order valence-electron chi connectivity index (χ4n) is 0.767. The van der Waals surface area contributed by atoms with Crippen molar-refractivity contribution in [1.82, 2.24) is 13.5 Å². The van der Waals surface area contributed by atoms with Crippen LogP contribution in [0.2, 0.25) is 0 Å². The molecule has 0 spiro atoms. The molecule has 0 saturated heterocycles. The zero-order valence-corrected chi connectivity index (χ0v) is 7.76. The first kappa shape index (κ1) is 8.00. The van der Waals surface area contributed by atoms with Crippen LogP contribution in [0, 0.1) is 0 Å². The van der Waals surface area contributed by atoms with Crippen molar-refractivity contribution in [2.75, 3.05) is 6.54 Å². The predicted molar refractivity (Wildman–Crippen MR) is 48.9 cm³/mol. The third-order valence-corrected chi connectivity index (χ3v) is 1.81. The van der Waals surface area contributed by atoms with Gasteiger partial charge in [-0.2, -0.15) is 0 Å². The van der Waals surface area contributed by atoms with Crippen molar-refractivity contribution in [3.8, 4) is 0 Å². The molecule has 0 bridgehead atoms. The smallest absolute Gasteiger partial charge is 0.0921 e. The van der Waals surface area contributed by atoms with Crippen LogP contribution in [-0.2, 0) is 6.42 Å². The van der Waals surface area contributed by atoms with Gasteiger partial charge in [0.25, 0.3) is 0 Å². The summed E-state index contributed by atoms with van der Waals surface area (Å²) in [6.45, 7) is 1.06. The lowest BCUT2D eigenvalue weighted by molar-refractivity contribution is 0.797.